The molecular weight excluding hydrogens is 344 g/mol. The Hall–Kier alpha value is -1.93. The lowest BCUT2D eigenvalue weighted by molar-refractivity contribution is -0.128. The number of amides is 2. The Balaban J connectivity index is 1.50. The minimum Gasteiger partial charge on any atom is -0.352 e. The molecule has 2 fully saturated rings. The molecular formula is C19H32N6O2. The van der Waals surface area contributed by atoms with Gasteiger partial charge in [-0.05, 0) is 40.5 Å². The molecule has 2 unspecified atom stereocenters. The molecule has 2 heterocycles. The van der Waals surface area contributed by atoms with Gasteiger partial charge in [-0.2, -0.15) is 5.10 Å². The number of aryl methyl sites for hydroxylation is 2. The number of hydrogen-bond acceptors (Lipinski definition) is 5. The quantitative estimate of drug-likeness (QED) is 0.762. The molecule has 27 heavy (non-hydrogen) atoms. The average Bonchev–Trinajstić information content (AvgIpc) is 3.43. The lowest BCUT2D eigenvalue weighted by Gasteiger charge is -2.39. The molecule has 1 saturated carbocycles. The standard InChI is InChI=1S/C19H32N6O2/c1-12-17(13(2)23(5)22-12)21-19(27)15(4)25-10-8-24(9-11-25)14(3)18(26)20-16-6-7-16/h14-16H,6-11H2,1-5H3,(H,20,26)(H,21,27). The van der Waals surface area contributed by atoms with E-state index < -0.39 is 0 Å². The van der Waals surface area contributed by atoms with Gasteiger partial charge in [-0.3, -0.25) is 24.1 Å². The number of rotatable bonds is 6. The highest BCUT2D eigenvalue weighted by Gasteiger charge is 2.32. The van der Waals surface area contributed by atoms with Gasteiger partial charge < -0.3 is 10.6 Å². The van der Waals surface area contributed by atoms with Gasteiger partial charge in [-0.25, -0.2) is 0 Å². The third-order valence-electron chi connectivity index (χ3n) is 5.88. The molecule has 1 aliphatic heterocycles. The largest absolute Gasteiger partial charge is 0.352 e. The molecule has 0 aromatic carbocycles. The third kappa shape index (κ3) is 4.50. The van der Waals surface area contributed by atoms with Crippen LogP contribution in [0.1, 0.15) is 38.1 Å². The summed E-state index contributed by atoms with van der Waals surface area (Å²) >= 11 is 0. The van der Waals surface area contributed by atoms with Crippen molar-refractivity contribution in [1.29, 1.82) is 0 Å². The number of anilines is 1. The van der Waals surface area contributed by atoms with E-state index in [4.69, 9.17) is 0 Å². The van der Waals surface area contributed by atoms with Gasteiger partial charge in [0.2, 0.25) is 11.8 Å². The van der Waals surface area contributed by atoms with Crippen molar-refractivity contribution in [2.45, 2.75) is 58.7 Å². The number of hydrogen-bond donors (Lipinski definition) is 2. The zero-order valence-corrected chi connectivity index (χ0v) is 17.1. The smallest absolute Gasteiger partial charge is 0.241 e. The Bertz CT molecular complexity index is 703. The van der Waals surface area contributed by atoms with Crippen LogP contribution in [-0.4, -0.2) is 75.7 Å². The maximum Gasteiger partial charge on any atom is 0.241 e. The topological polar surface area (TPSA) is 82.5 Å². The Morgan fingerprint density at radius 2 is 1.52 bits per heavy atom. The molecule has 150 valence electrons. The summed E-state index contributed by atoms with van der Waals surface area (Å²) in [7, 11) is 1.88. The lowest BCUT2D eigenvalue weighted by Crippen LogP contribution is -2.57. The highest BCUT2D eigenvalue weighted by atomic mass is 16.2. The van der Waals surface area contributed by atoms with Crippen LogP contribution < -0.4 is 10.6 Å². The lowest BCUT2D eigenvalue weighted by atomic mass is 10.1. The molecule has 1 aromatic rings. The number of carbonyl (C=O) groups excluding carboxylic acids is 2. The van der Waals surface area contributed by atoms with E-state index in [2.05, 4.69) is 25.5 Å². The van der Waals surface area contributed by atoms with Gasteiger partial charge in [0.05, 0.1) is 29.2 Å². The minimum atomic E-state index is -0.221. The molecule has 0 radical (unpaired) electrons. The summed E-state index contributed by atoms with van der Waals surface area (Å²) in [5, 5.41) is 10.5. The summed E-state index contributed by atoms with van der Waals surface area (Å²) in [6, 6.07) is 0.0590. The molecule has 0 bridgehead atoms. The number of piperazine rings is 1. The van der Waals surface area contributed by atoms with Crippen LogP contribution >= 0.6 is 0 Å². The van der Waals surface area contributed by atoms with Gasteiger partial charge in [0, 0.05) is 39.3 Å². The minimum absolute atomic E-state index is 0.0119. The first kappa shape index (κ1) is 19.8. The molecule has 2 amide bonds. The van der Waals surface area contributed by atoms with Gasteiger partial charge in [0.1, 0.15) is 0 Å². The van der Waals surface area contributed by atoms with Gasteiger partial charge in [0.25, 0.3) is 0 Å². The van der Waals surface area contributed by atoms with Gasteiger partial charge in [-0.15, -0.1) is 0 Å². The van der Waals surface area contributed by atoms with Crippen molar-refractivity contribution in [3.63, 3.8) is 0 Å². The predicted molar refractivity (Wildman–Crippen MR) is 105 cm³/mol. The van der Waals surface area contributed by atoms with Gasteiger partial charge in [0.15, 0.2) is 0 Å². The molecule has 2 aliphatic rings. The Labute approximate surface area is 161 Å². The van der Waals surface area contributed by atoms with Crippen LogP contribution in [0.3, 0.4) is 0 Å². The predicted octanol–water partition coefficient (Wildman–Crippen LogP) is 0.649. The Kier molecular flexibility index (Phi) is 5.86. The SMILES string of the molecule is Cc1nn(C)c(C)c1NC(=O)C(C)N1CCN(C(C)C(=O)NC2CC2)CC1. The molecule has 1 saturated heterocycles. The number of nitrogens with zero attached hydrogens (tertiary/aromatic N) is 4. The zero-order chi connectivity index (χ0) is 19.7. The first-order chi connectivity index (χ1) is 12.8. The Morgan fingerprint density at radius 1 is 1.00 bits per heavy atom. The van der Waals surface area contributed by atoms with Crippen LogP contribution in [0, 0.1) is 13.8 Å². The highest BCUT2D eigenvalue weighted by Crippen LogP contribution is 2.21. The molecule has 1 aromatic heterocycles. The van der Waals surface area contributed by atoms with E-state index in [0.717, 1.165) is 56.1 Å². The zero-order valence-electron chi connectivity index (χ0n) is 17.1. The van der Waals surface area contributed by atoms with Crippen LogP contribution in [0.5, 0.6) is 0 Å². The first-order valence-electron chi connectivity index (χ1n) is 9.87. The molecule has 2 N–H and O–H groups in total. The maximum absolute atomic E-state index is 12.7. The summed E-state index contributed by atoms with van der Waals surface area (Å²) in [6.45, 7) is 10.9. The van der Waals surface area contributed by atoms with Crippen LogP contribution in [-0.2, 0) is 16.6 Å². The van der Waals surface area contributed by atoms with E-state index in [1.54, 1.807) is 4.68 Å². The summed E-state index contributed by atoms with van der Waals surface area (Å²) < 4.78 is 1.78. The number of nitrogens with one attached hydrogen (secondary N) is 2. The molecule has 2 atom stereocenters. The fraction of sp³-hybridized carbons (Fsp3) is 0.737. The van der Waals surface area contributed by atoms with Crippen LogP contribution in [0.15, 0.2) is 0 Å². The fourth-order valence-electron chi connectivity index (χ4n) is 3.58. The normalized spacial score (nSPS) is 20.9. The molecule has 8 heteroatoms. The van der Waals surface area contributed by atoms with E-state index in [0.29, 0.717) is 6.04 Å². The van der Waals surface area contributed by atoms with Crippen LogP contribution in [0.2, 0.25) is 0 Å². The second-order valence-corrected chi connectivity index (χ2v) is 7.87. The average molecular weight is 377 g/mol. The van der Waals surface area contributed by atoms with Crippen molar-refractivity contribution >= 4 is 17.5 Å². The van der Waals surface area contributed by atoms with E-state index >= 15 is 0 Å². The maximum atomic E-state index is 12.7. The van der Waals surface area contributed by atoms with Crippen molar-refractivity contribution in [3.05, 3.63) is 11.4 Å². The first-order valence-corrected chi connectivity index (χ1v) is 9.87. The van der Waals surface area contributed by atoms with Crippen molar-refractivity contribution in [2.75, 3.05) is 31.5 Å². The second kappa shape index (κ2) is 7.98. The van der Waals surface area contributed by atoms with E-state index in [9.17, 15) is 9.59 Å². The highest BCUT2D eigenvalue weighted by molar-refractivity contribution is 5.95. The van der Waals surface area contributed by atoms with E-state index in [1.165, 1.54) is 0 Å². The van der Waals surface area contributed by atoms with Crippen LogP contribution in [0.25, 0.3) is 0 Å². The Morgan fingerprint density at radius 3 is 1.96 bits per heavy atom. The van der Waals surface area contributed by atoms with Crippen LogP contribution in [0.4, 0.5) is 5.69 Å². The third-order valence-corrected chi connectivity index (χ3v) is 5.88. The molecule has 0 spiro atoms. The van der Waals surface area contributed by atoms with Crippen molar-refractivity contribution in [3.8, 4) is 0 Å². The van der Waals surface area contributed by atoms with E-state index in [-0.39, 0.29) is 23.9 Å². The summed E-state index contributed by atoms with van der Waals surface area (Å²) in [4.78, 5) is 29.3. The molecule has 3 rings (SSSR count). The number of aromatic nitrogens is 2. The monoisotopic (exact) mass is 376 g/mol. The summed E-state index contributed by atoms with van der Waals surface area (Å²) in [6.07, 6.45) is 2.21. The van der Waals surface area contributed by atoms with Crippen molar-refractivity contribution in [1.82, 2.24) is 24.9 Å². The van der Waals surface area contributed by atoms with Crippen molar-refractivity contribution < 1.29 is 9.59 Å². The van der Waals surface area contributed by atoms with Crippen molar-refractivity contribution in [2.24, 2.45) is 7.05 Å². The molecule has 1 aliphatic carbocycles. The summed E-state index contributed by atoms with van der Waals surface area (Å²) in [5.41, 5.74) is 2.59. The molecule has 8 nitrogen and oxygen atoms in total. The van der Waals surface area contributed by atoms with Gasteiger partial charge in [-0.1, -0.05) is 0 Å². The fourth-order valence-corrected chi connectivity index (χ4v) is 3.58. The van der Waals surface area contributed by atoms with Gasteiger partial charge >= 0.3 is 0 Å². The number of carbonyl (C=O) groups is 2. The van der Waals surface area contributed by atoms with E-state index in [1.807, 2.05) is 34.7 Å². The second-order valence-electron chi connectivity index (χ2n) is 7.87. The summed E-state index contributed by atoms with van der Waals surface area (Å²) in [5.74, 6) is 0.112.